The second kappa shape index (κ2) is 7.41. The average Bonchev–Trinajstić information content (AvgIpc) is 2.53. The molecule has 5 nitrogen and oxygen atoms in total. The zero-order chi connectivity index (χ0) is 15.2. The zero-order valence-corrected chi connectivity index (χ0v) is 13.0. The number of anilines is 1. The highest BCUT2D eigenvalue weighted by atomic mass is 16.5. The van der Waals surface area contributed by atoms with Gasteiger partial charge in [-0.2, -0.15) is 0 Å². The second-order valence-corrected chi connectivity index (χ2v) is 5.70. The summed E-state index contributed by atoms with van der Waals surface area (Å²) in [6, 6.07) is 3.55. The fraction of sp³-hybridized carbons (Fsp3) is 0.625. The van der Waals surface area contributed by atoms with Gasteiger partial charge in [0.2, 0.25) is 5.88 Å². The SMILES string of the molecule is COc1ccc(N(C)C(=O)COC2CCC(C)CC2)cn1. The van der Waals surface area contributed by atoms with Crippen LogP contribution in [0.2, 0.25) is 0 Å². The molecule has 1 aromatic rings. The highest BCUT2D eigenvalue weighted by Gasteiger charge is 2.20. The van der Waals surface area contributed by atoms with Crippen LogP contribution in [0.4, 0.5) is 5.69 Å². The van der Waals surface area contributed by atoms with E-state index in [4.69, 9.17) is 9.47 Å². The van der Waals surface area contributed by atoms with Crippen LogP contribution in [-0.2, 0) is 9.53 Å². The van der Waals surface area contributed by atoms with Crippen LogP contribution in [-0.4, -0.2) is 37.8 Å². The highest BCUT2D eigenvalue weighted by molar-refractivity contribution is 5.93. The first-order valence-corrected chi connectivity index (χ1v) is 7.48. The van der Waals surface area contributed by atoms with E-state index in [1.165, 1.54) is 12.8 Å². The van der Waals surface area contributed by atoms with Crippen LogP contribution >= 0.6 is 0 Å². The molecular weight excluding hydrogens is 268 g/mol. The smallest absolute Gasteiger partial charge is 0.252 e. The number of methoxy groups -OCH3 is 1. The molecule has 116 valence electrons. The van der Waals surface area contributed by atoms with E-state index < -0.39 is 0 Å². The number of carbonyl (C=O) groups is 1. The number of ether oxygens (including phenoxy) is 2. The van der Waals surface area contributed by atoms with Gasteiger partial charge in [0.15, 0.2) is 0 Å². The molecule has 0 bridgehead atoms. The van der Waals surface area contributed by atoms with Crippen LogP contribution in [0.1, 0.15) is 32.6 Å². The molecule has 1 aliphatic carbocycles. The van der Waals surface area contributed by atoms with Gasteiger partial charge in [0, 0.05) is 13.1 Å². The van der Waals surface area contributed by atoms with Crippen LogP contribution < -0.4 is 9.64 Å². The molecule has 1 saturated carbocycles. The molecule has 1 aromatic heterocycles. The second-order valence-electron chi connectivity index (χ2n) is 5.70. The highest BCUT2D eigenvalue weighted by Crippen LogP contribution is 2.25. The molecule has 0 saturated heterocycles. The third-order valence-electron chi connectivity index (χ3n) is 4.10. The number of pyridine rings is 1. The quantitative estimate of drug-likeness (QED) is 0.837. The van der Waals surface area contributed by atoms with Crippen LogP contribution in [0.15, 0.2) is 18.3 Å². The van der Waals surface area contributed by atoms with E-state index >= 15 is 0 Å². The lowest BCUT2D eigenvalue weighted by molar-refractivity contribution is -0.125. The monoisotopic (exact) mass is 292 g/mol. The van der Waals surface area contributed by atoms with E-state index in [2.05, 4.69) is 11.9 Å². The van der Waals surface area contributed by atoms with E-state index in [0.29, 0.717) is 5.88 Å². The summed E-state index contributed by atoms with van der Waals surface area (Å²) in [4.78, 5) is 17.8. The maximum atomic E-state index is 12.1. The Labute approximate surface area is 126 Å². The fourth-order valence-corrected chi connectivity index (χ4v) is 2.52. The molecule has 0 atom stereocenters. The van der Waals surface area contributed by atoms with E-state index in [-0.39, 0.29) is 18.6 Å². The summed E-state index contributed by atoms with van der Waals surface area (Å²) in [7, 11) is 3.30. The number of aromatic nitrogens is 1. The standard InChI is InChI=1S/C16H24N2O3/c1-12-4-7-14(8-5-12)21-11-16(19)18(2)13-6-9-15(20-3)17-10-13/h6,9-10,12,14H,4-5,7-8,11H2,1-3H3. The summed E-state index contributed by atoms with van der Waals surface area (Å²) in [6.07, 6.45) is 6.35. The summed E-state index contributed by atoms with van der Waals surface area (Å²) < 4.78 is 10.7. The molecule has 1 amide bonds. The largest absolute Gasteiger partial charge is 0.481 e. The van der Waals surface area contributed by atoms with Crippen LogP contribution in [0.3, 0.4) is 0 Å². The Hall–Kier alpha value is -1.62. The van der Waals surface area contributed by atoms with Gasteiger partial charge < -0.3 is 14.4 Å². The molecule has 0 unspecified atom stereocenters. The fourth-order valence-electron chi connectivity index (χ4n) is 2.52. The minimum absolute atomic E-state index is 0.0550. The minimum atomic E-state index is -0.0550. The zero-order valence-electron chi connectivity index (χ0n) is 13.0. The van der Waals surface area contributed by atoms with Gasteiger partial charge in [-0.15, -0.1) is 0 Å². The van der Waals surface area contributed by atoms with Gasteiger partial charge in [-0.1, -0.05) is 6.92 Å². The Bertz CT molecular complexity index is 453. The van der Waals surface area contributed by atoms with Gasteiger partial charge in [0.25, 0.3) is 5.91 Å². The summed E-state index contributed by atoms with van der Waals surface area (Å²) in [5, 5.41) is 0. The van der Waals surface area contributed by atoms with Crippen molar-refractivity contribution in [1.29, 1.82) is 0 Å². The van der Waals surface area contributed by atoms with Crippen molar-refractivity contribution in [3.63, 3.8) is 0 Å². The van der Waals surface area contributed by atoms with Crippen molar-refractivity contribution in [3.05, 3.63) is 18.3 Å². The summed E-state index contributed by atoms with van der Waals surface area (Å²) in [5.74, 6) is 1.27. The molecule has 5 heteroatoms. The Morgan fingerprint density at radius 2 is 2.05 bits per heavy atom. The maximum absolute atomic E-state index is 12.1. The van der Waals surface area contributed by atoms with Crippen molar-refractivity contribution < 1.29 is 14.3 Å². The van der Waals surface area contributed by atoms with Crippen molar-refractivity contribution in [2.45, 2.75) is 38.7 Å². The lowest BCUT2D eigenvalue weighted by Crippen LogP contribution is -2.32. The van der Waals surface area contributed by atoms with Crippen molar-refractivity contribution in [2.75, 3.05) is 25.7 Å². The molecule has 21 heavy (non-hydrogen) atoms. The van der Waals surface area contributed by atoms with Gasteiger partial charge in [0.05, 0.1) is 25.1 Å². The lowest BCUT2D eigenvalue weighted by atomic mass is 9.89. The topological polar surface area (TPSA) is 51.7 Å². The number of amides is 1. The Morgan fingerprint density at radius 1 is 1.33 bits per heavy atom. The Morgan fingerprint density at radius 3 is 2.62 bits per heavy atom. The average molecular weight is 292 g/mol. The summed E-state index contributed by atoms with van der Waals surface area (Å²) in [5.41, 5.74) is 0.738. The van der Waals surface area contributed by atoms with Gasteiger partial charge in [-0.3, -0.25) is 4.79 Å². The normalized spacial score (nSPS) is 21.9. The third kappa shape index (κ3) is 4.43. The molecule has 2 rings (SSSR count). The number of hydrogen-bond donors (Lipinski definition) is 0. The Balaban J connectivity index is 1.81. The molecule has 1 heterocycles. The van der Waals surface area contributed by atoms with Gasteiger partial charge in [-0.05, 0) is 37.7 Å². The van der Waals surface area contributed by atoms with Gasteiger partial charge in [-0.25, -0.2) is 4.98 Å². The van der Waals surface area contributed by atoms with Crippen LogP contribution in [0, 0.1) is 5.92 Å². The van der Waals surface area contributed by atoms with Crippen molar-refractivity contribution in [2.24, 2.45) is 5.92 Å². The van der Waals surface area contributed by atoms with Gasteiger partial charge >= 0.3 is 0 Å². The number of carbonyl (C=O) groups excluding carboxylic acids is 1. The number of hydrogen-bond acceptors (Lipinski definition) is 4. The Kier molecular flexibility index (Phi) is 5.56. The van der Waals surface area contributed by atoms with Crippen LogP contribution in [0.25, 0.3) is 0 Å². The predicted molar refractivity (Wildman–Crippen MR) is 81.6 cm³/mol. The molecule has 0 spiro atoms. The molecule has 0 aromatic carbocycles. The first kappa shape index (κ1) is 15.8. The molecular formula is C16H24N2O3. The van der Waals surface area contributed by atoms with Crippen molar-refractivity contribution in [1.82, 2.24) is 4.98 Å². The van der Waals surface area contributed by atoms with Crippen molar-refractivity contribution >= 4 is 11.6 Å². The molecule has 0 aliphatic heterocycles. The van der Waals surface area contributed by atoms with E-state index in [0.717, 1.165) is 24.4 Å². The molecule has 1 aliphatic rings. The lowest BCUT2D eigenvalue weighted by Gasteiger charge is -2.26. The number of likely N-dealkylation sites (N-methyl/N-ethyl adjacent to an activating group) is 1. The molecule has 0 N–H and O–H groups in total. The maximum Gasteiger partial charge on any atom is 0.252 e. The molecule has 1 fully saturated rings. The van der Waals surface area contributed by atoms with Crippen molar-refractivity contribution in [3.8, 4) is 5.88 Å². The molecule has 0 radical (unpaired) electrons. The van der Waals surface area contributed by atoms with Crippen LogP contribution in [0.5, 0.6) is 5.88 Å². The van der Waals surface area contributed by atoms with E-state index in [1.54, 1.807) is 31.3 Å². The van der Waals surface area contributed by atoms with E-state index in [1.807, 2.05) is 6.07 Å². The third-order valence-corrected chi connectivity index (χ3v) is 4.10. The first-order chi connectivity index (χ1) is 10.1. The minimum Gasteiger partial charge on any atom is -0.481 e. The van der Waals surface area contributed by atoms with Gasteiger partial charge in [0.1, 0.15) is 6.61 Å². The first-order valence-electron chi connectivity index (χ1n) is 7.48. The van der Waals surface area contributed by atoms with E-state index in [9.17, 15) is 4.79 Å². The summed E-state index contributed by atoms with van der Waals surface area (Å²) >= 11 is 0. The predicted octanol–water partition coefficient (Wildman–Crippen LogP) is 2.65. The number of nitrogens with zero attached hydrogens (tertiary/aromatic N) is 2. The summed E-state index contributed by atoms with van der Waals surface area (Å²) in [6.45, 7) is 2.40. The number of rotatable bonds is 5.